The molecule has 0 aromatic carbocycles. The van der Waals surface area contributed by atoms with Gasteiger partial charge in [-0.2, -0.15) is 5.26 Å². The van der Waals surface area contributed by atoms with Gasteiger partial charge in [-0.1, -0.05) is 66.2 Å². The van der Waals surface area contributed by atoms with E-state index in [0.717, 1.165) is 57.8 Å². The van der Waals surface area contributed by atoms with Crippen LogP contribution >= 0.6 is 0 Å². The predicted molar refractivity (Wildman–Crippen MR) is 157 cm³/mol. The third-order valence-electron chi connectivity index (χ3n) is 14.2. The molecule has 4 fully saturated rings. The molecule has 1 N–H and O–H groups in total. The van der Waals surface area contributed by atoms with Gasteiger partial charge in [-0.3, -0.25) is 19.5 Å². The van der Waals surface area contributed by atoms with Crippen molar-refractivity contribution in [2.75, 3.05) is 0 Å². The zero-order chi connectivity index (χ0) is 29.6. The third kappa shape index (κ3) is 3.15. The van der Waals surface area contributed by atoms with E-state index in [0.29, 0.717) is 0 Å². The fourth-order valence-electron chi connectivity index (χ4n) is 11.6. The van der Waals surface area contributed by atoms with E-state index in [1.54, 1.807) is 0 Å². The van der Waals surface area contributed by atoms with Gasteiger partial charge in [0.15, 0.2) is 5.78 Å². The van der Waals surface area contributed by atoms with Crippen LogP contribution in [0.5, 0.6) is 0 Å². The summed E-state index contributed by atoms with van der Waals surface area (Å²) in [4.78, 5) is 34.0. The average molecular weight is 558 g/mol. The van der Waals surface area contributed by atoms with E-state index in [2.05, 4.69) is 51.7 Å². The monoisotopic (exact) mass is 557 g/mol. The minimum Gasteiger partial charge on any atom is -0.389 e. The first kappa shape index (κ1) is 27.6. The van der Waals surface area contributed by atoms with Crippen molar-refractivity contribution in [3.05, 3.63) is 23.3 Å². The van der Waals surface area contributed by atoms with E-state index in [-0.39, 0.29) is 56.8 Å². The number of ketones is 1. The Labute approximate surface area is 245 Å². The molecule has 1 aliphatic heterocycles. The van der Waals surface area contributed by atoms with Crippen LogP contribution in [0.4, 0.5) is 0 Å². The van der Waals surface area contributed by atoms with Crippen LogP contribution in [-0.2, 0) is 9.59 Å². The summed E-state index contributed by atoms with van der Waals surface area (Å²) < 4.78 is 0. The Bertz CT molecular complexity index is 1390. The molecule has 1 amide bonds. The smallest absolute Gasteiger partial charge is 0.256 e. The first-order valence-electron chi connectivity index (χ1n) is 16.0. The van der Waals surface area contributed by atoms with Crippen LogP contribution in [0.15, 0.2) is 28.3 Å². The summed E-state index contributed by atoms with van der Waals surface area (Å²) in [6.45, 7) is 15.8. The Hall–Kier alpha value is -2.26. The summed E-state index contributed by atoms with van der Waals surface area (Å²) in [5.74, 6) is 0.397. The quantitative estimate of drug-likeness (QED) is 0.391. The average Bonchev–Trinajstić information content (AvgIpc) is 3.61. The number of aliphatic hydroxyl groups excluding tert-OH is 1. The number of nitriles is 1. The van der Waals surface area contributed by atoms with Crippen LogP contribution in [0, 0.1) is 56.2 Å². The number of carbonyl (C=O) groups excluding carboxylic acids is 2. The van der Waals surface area contributed by atoms with Crippen LogP contribution < -0.4 is 0 Å². The zero-order valence-corrected chi connectivity index (χ0v) is 26.0. The van der Waals surface area contributed by atoms with Gasteiger partial charge in [0, 0.05) is 10.8 Å². The topological polar surface area (TPSA) is 93.8 Å². The Kier molecular flexibility index (Phi) is 5.25. The van der Waals surface area contributed by atoms with Gasteiger partial charge in [0.1, 0.15) is 11.6 Å². The normalized spacial score (nSPS) is 48.3. The Morgan fingerprint density at radius 1 is 0.976 bits per heavy atom. The molecule has 4 saturated carbocycles. The van der Waals surface area contributed by atoms with Crippen molar-refractivity contribution in [2.24, 2.45) is 49.8 Å². The number of aliphatic imine (C=N–C) groups is 1. The second-order valence-electron chi connectivity index (χ2n) is 17.0. The van der Waals surface area contributed by atoms with Gasteiger partial charge in [-0.05, 0) is 91.8 Å². The minimum absolute atomic E-state index is 0.0133. The first-order chi connectivity index (χ1) is 19.0. The number of hydrogen-bond donors (Lipinski definition) is 1. The maximum Gasteiger partial charge on any atom is 0.256 e. The van der Waals surface area contributed by atoms with Gasteiger partial charge in [0.25, 0.3) is 5.91 Å². The van der Waals surface area contributed by atoms with Crippen molar-refractivity contribution in [1.29, 1.82) is 5.26 Å². The number of allylic oxidation sites excluding steroid dienone is 3. The molecule has 1 heterocycles. The zero-order valence-electron chi connectivity index (χ0n) is 26.0. The summed E-state index contributed by atoms with van der Waals surface area (Å²) in [6.07, 6.45) is 13.8. The van der Waals surface area contributed by atoms with Gasteiger partial charge < -0.3 is 5.11 Å². The lowest BCUT2D eigenvalue weighted by molar-refractivity contribution is -0.187. The summed E-state index contributed by atoms with van der Waals surface area (Å²) >= 11 is 0. The number of hydrogen-bond acceptors (Lipinski definition) is 5. The Morgan fingerprint density at radius 2 is 1.66 bits per heavy atom. The van der Waals surface area contributed by atoms with Crippen molar-refractivity contribution < 1.29 is 14.7 Å². The second-order valence-corrected chi connectivity index (χ2v) is 17.0. The molecule has 7 aliphatic rings. The third-order valence-corrected chi connectivity index (χ3v) is 14.2. The predicted octanol–water partition coefficient (Wildman–Crippen LogP) is 6.15. The number of rotatable bonds is 1. The first-order valence-corrected chi connectivity index (χ1v) is 16.0. The largest absolute Gasteiger partial charge is 0.389 e. The number of carbonyl (C=O) groups is 2. The van der Waals surface area contributed by atoms with Crippen molar-refractivity contribution in [3.8, 4) is 6.07 Å². The number of aliphatic hydroxyl groups is 1. The highest BCUT2D eigenvalue weighted by Crippen LogP contribution is 2.74. The summed E-state index contributed by atoms with van der Waals surface area (Å²) in [6, 6.07) is 2.22. The molecule has 0 radical (unpaired) electrons. The van der Waals surface area contributed by atoms with E-state index in [9.17, 15) is 20.0 Å². The highest BCUT2D eigenvalue weighted by atomic mass is 16.3. The van der Waals surface area contributed by atoms with Gasteiger partial charge >= 0.3 is 0 Å². The standard InChI is InChI=1S/C35H47N3O3/c1-29(2)10-14-35(38-20-37-34(12-13-34)28(38)41)15-11-33(7)26(22(35)18-29)23(39)16-25-31(5)17-21(19-36)27(40)30(3,4)24(31)8-9-32(25,33)6/h16-17,20,22-24,26,39H,8-15,18H2,1-7H3/t22-,23?,24+,26+,31+,32-,33-,35+/m1/s1. The molecule has 1 spiro atoms. The van der Waals surface area contributed by atoms with Crippen molar-refractivity contribution in [3.63, 3.8) is 0 Å². The van der Waals surface area contributed by atoms with E-state index in [1.165, 1.54) is 5.57 Å². The van der Waals surface area contributed by atoms with Crippen LogP contribution in [0.3, 0.4) is 0 Å². The summed E-state index contributed by atoms with van der Waals surface area (Å²) in [7, 11) is 0. The van der Waals surface area contributed by atoms with Crippen LogP contribution in [0.25, 0.3) is 0 Å². The van der Waals surface area contributed by atoms with Crippen LogP contribution in [0.1, 0.15) is 106 Å². The van der Waals surface area contributed by atoms with Crippen molar-refractivity contribution in [1.82, 2.24) is 4.90 Å². The molecular weight excluding hydrogens is 510 g/mol. The van der Waals surface area contributed by atoms with Crippen LogP contribution in [-0.4, -0.2) is 45.2 Å². The van der Waals surface area contributed by atoms with Gasteiger partial charge in [0.2, 0.25) is 0 Å². The Balaban J connectivity index is 1.38. The molecule has 0 aromatic rings. The number of nitrogens with zero attached hydrogens (tertiary/aromatic N) is 3. The maximum absolute atomic E-state index is 13.8. The van der Waals surface area contributed by atoms with Crippen molar-refractivity contribution in [2.45, 2.75) is 123 Å². The lowest BCUT2D eigenvalue weighted by atomic mass is 9.34. The van der Waals surface area contributed by atoms with E-state index < -0.39 is 22.5 Å². The van der Waals surface area contributed by atoms with Gasteiger partial charge in [-0.25, -0.2) is 0 Å². The fourth-order valence-corrected chi connectivity index (χ4v) is 11.6. The molecular formula is C35H47N3O3. The van der Waals surface area contributed by atoms with E-state index in [4.69, 9.17) is 4.99 Å². The molecule has 0 bridgehead atoms. The molecule has 6 nitrogen and oxygen atoms in total. The highest BCUT2D eigenvalue weighted by Gasteiger charge is 2.71. The molecule has 0 aromatic heterocycles. The number of fused-ring (bicyclic) bond motifs is 7. The van der Waals surface area contributed by atoms with E-state index in [1.807, 2.05) is 26.3 Å². The lowest BCUT2D eigenvalue weighted by Crippen LogP contribution is -2.70. The second kappa shape index (κ2) is 7.81. The van der Waals surface area contributed by atoms with Crippen LogP contribution in [0.2, 0.25) is 0 Å². The maximum atomic E-state index is 13.8. The number of amides is 1. The molecule has 41 heavy (non-hydrogen) atoms. The lowest BCUT2D eigenvalue weighted by Gasteiger charge is -2.71. The SMILES string of the molecule is CC1(C)CC[C@]2(N3C=NC4(CC4)C3=O)CC[C@]3(C)[C@H](C(O)C=C4[C@@]5(C)C=C(C#N)C(=O)C(C)(C)[C@@H]5CC[C@]43C)[C@H]2C1. The van der Waals surface area contributed by atoms with Gasteiger partial charge in [0.05, 0.1) is 23.6 Å². The molecule has 1 unspecified atom stereocenters. The summed E-state index contributed by atoms with van der Waals surface area (Å²) in [5, 5.41) is 22.3. The molecule has 6 heteroatoms. The van der Waals surface area contributed by atoms with Gasteiger partial charge in [-0.15, -0.1) is 0 Å². The minimum atomic E-state index is -0.651. The van der Waals surface area contributed by atoms with Crippen molar-refractivity contribution >= 4 is 18.0 Å². The molecule has 7 rings (SSSR count). The Morgan fingerprint density at radius 3 is 2.29 bits per heavy atom. The fraction of sp³-hybridized carbons (Fsp3) is 0.771. The molecule has 8 atom stereocenters. The summed E-state index contributed by atoms with van der Waals surface area (Å²) in [5.41, 5.74) is -0.666. The van der Waals surface area contributed by atoms with E-state index >= 15 is 0 Å². The molecule has 6 aliphatic carbocycles. The molecule has 220 valence electrons. The highest BCUT2D eigenvalue weighted by molar-refractivity contribution is 6.04. The number of Topliss-reactive ketones (excluding diaryl/α,β-unsaturated/α-hetero) is 1. The molecule has 0 saturated heterocycles.